The molecular formula is C6H15NTm-2. The van der Waals surface area contributed by atoms with Crippen LogP contribution in [0, 0.1) is 51.2 Å². The van der Waals surface area contributed by atoms with Crippen molar-refractivity contribution in [2.45, 2.75) is 13.3 Å². The van der Waals surface area contributed by atoms with Gasteiger partial charge < -0.3 is 19.7 Å². The van der Waals surface area contributed by atoms with Crippen molar-refractivity contribution in [2.75, 3.05) is 13.1 Å². The molecule has 0 atom stereocenters. The summed E-state index contributed by atoms with van der Waals surface area (Å²) in [6, 6.07) is 0. The van der Waals surface area contributed by atoms with E-state index >= 15 is 0 Å². The van der Waals surface area contributed by atoms with Gasteiger partial charge in [0.25, 0.3) is 0 Å². The minimum atomic E-state index is 0. The van der Waals surface area contributed by atoms with Gasteiger partial charge in [0.1, 0.15) is 0 Å². The molecule has 59 valence electrons. The Labute approximate surface area is 82.4 Å². The third kappa shape index (κ3) is 15.7. The summed E-state index contributed by atoms with van der Waals surface area (Å²) in [5.74, 6) is 0. The largest absolute Gasteiger partial charge is 0.358 e. The van der Waals surface area contributed by atoms with Crippen LogP contribution in [0.15, 0.2) is 0 Å². The minimum Gasteiger partial charge on any atom is -0.358 e. The van der Waals surface area contributed by atoms with Crippen molar-refractivity contribution >= 4 is 0 Å². The first kappa shape index (κ1) is 16.1. The van der Waals surface area contributed by atoms with Crippen LogP contribution in [0.2, 0.25) is 0 Å². The topological polar surface area (TPSA) is 12.0 Å². The molecule has 0 aromatic carbocycles. The molecule has 0 fully saturated rings. The van der Waals surface area contributed by atoms with Gasteiger partial charge in [-0.3, -0.25) is 0 Å². The molecule has 1 N–H and O–H groups in total. The van der Waals surface area contributed by atoms with E-state index in [0.717, 1.165) is 13.1 Å². The van der Waals surface area contributed by atoms with Gasteiger partial charge in [-0.15, -0.1) is 6.54 Å². The van der Waals surface area contributed by atoms with Crippen LogP contribution < -0.4 is 5.32 Å². The molecular weight excluding hydrogens is 255 g/mol. The van der Waals surface area contributed by atoms with E-state index in [1.165, 1.54) is 6.42 Å². The molecule has 0 unspecified atom stereocenters. The van der Waals surface area contributed by atoms with Gasteiger partial charge in [0.2, 0.25) is 0 Å². The van der Waals surface area contributed by atoms with E-state index in [0.29, 0.717) is 0 Å². The first-order chi connectivity index (χ1) is 2.91. The quantitative estimate of drug-likeness (QED) is 0.601. The van der Waals surface area contributed by atoms with Crippen LogP contribution in [0.25, 0.3) is 0 Å². The van der Waals surface area contributed by atoms with Crippen molar-refractivity contribution < 1.29 is 36.9 Å². The zero-order valence-electron chi connectivity index (χ0n) is 5.61. The zero-order chi connectivity index (χ0) is 4.83. The van der Waals surface area contributed by atoms with Crippen molar-refractivity contribution in [3.05, 3.63) is 14.4 Å². The van der Waals surface area contributed by atoms with Crippen LogP contribution in [0.5, 0.6) is 0 Å². The normalized spacial score (nSPS) is 6.75. The number of rotatable bonds is 3. The van der Waals surface area contributed by atoms with Gasteiger partial charge in [-0.25, -0.2) is 0 Å². The summed E-state index contributed by atoms with van der Waals surface area (Å²) >= 11 is 0. The molecule has 0 aliphatic rings. The molecule has 1 radical (unpaired) electrons. The predicted molar refractivity (Wildman–Crippen MR) is 34.9 cm³/mol. The van der Waals surface area contributed by atoms with Crippen LogP contribution in [0.4, 0.5) is 0 Å². The van der Waals surface area contributed by atoms with E-state index in [2.05, 4.69) is 19.2 Å². The summed E-state index contributed by atoms with van der Waals surface area (Å²) in [5.41, 5.74) is 0. The molecule has 0 rings (SSSR count). The Balaban J connectivity index is -0.000000125. The molecule has 0 heterocycles. The summed E-state index contributed by atoms with van der Waals surface area (Å²) in [6.07, 6.45) is 1.20. The molecule has 0 aliphatic carbocycles. The van der Waals surface area contributed by atoms with Crippen molar-refractivity contribution in [1.82, 2.24) is 5.32 Å². The maximum absolute atomic E-state index is 3.61. The zero-order valence-corrected chi connectivity index (χ0v) is 7.39. The Morgan fingerprint density at radius 2 is 2.00 bits per heavy atom. The van der Waals surface area contributed by atoms with E-state index in [4.69, 9.17) is 0 Å². The van der Waals surface area contributed by atoms with Crippen molar-refractivity contribution in [3.63, 3.8) is 0 Å². The van der Waals surface area contributed by atoms with Gasteiger partial charge in [0.15, 0.2) is 0 Å². The molecule has 0 saturated heterocycles. The molecule has 0 aromatic rings. The molecule has 0 amide bonds. The second kappa shape index (κ2) is 15.7. The van der Waals surface area contributed by atoms with Crippen LogP contribution in [0.3, 0.4) is 0 Å². The summed E-state index contributed by atoms with van der Waals surface area (Å²) in [6.45, 7) is 7.71. The van der Waals surface area contributed by atoms with Gasteiger partial charge in [-0.05, 0) is 13.0 Å². The number of hydrogen-bond acceptors (Lipinski definition) is 1. The first-order valence-electron chi connectivity index (χ1n) is 2.41. The Bertz CT molecular complexity index is 20.5. The summed E-state index contributed by atoms with van der Waals surface area (Å²) in [4.78, 5) is 0. The third-order valence-electron chi connectivity index (χ3n) is 0.604. The summed E-state index contributed by atoms with van der Waals surface area (Å²) in [5, 5.41) is 3.09. The molecule has 1 nitrogen and oxygen atoms in total. The van der Waals surface area contributed by atoms with Gasteiger partial charge in [0, 0.05) is 36.9 Å². The van der Waals surface area contributed by atoms with Gasteiger partial charge >= 0.3 is 0 Å². The van der Waals surface area contributed by atoms with E-state index in [-0.39, 0.29) is 44.3 Å². The van der Waals surface area contributed by atoms with E-state index in [1.54, 1.807) is 0 Å². The van der Waals surface area contributed by atoms with Crippen molar-refractivity contribution in [3.8, 4) is 0 Å². The first-order valence-corrected chi connectivity index (χ1v) is 2.41. The summed E-state index contributed by atoms with van der Waals surface area (Å²) < 4.78 is 0. The van der Waals surface area contributed by atoms with E-state index < -0.39 is 0 Å². The van der Waals surface area contributed by atoms with Crippen LogP contribution >= 0.6 is 0 Å². The second-order valence-electron chi connectivity index (χ2n) is 1.25. The fourth-order valence-corrected chi connectivity index (χ4v) is 0.302. The second-order valence-corrected chi connectivity index (χ2v) is 1.25. The van der Waals surface area contributed by atoms with Gasteiger partial charge in [0.05, 0.1) is 0 Å². The van der Waals surface area contributed by atoms with Crippen molar-refractivity contribution in [2.24, 2.45) is 0 Å². The third-order valence-corrected chi connectivity index (χ3v) is 0.604. The summed E-state index contributed by atoms with van der Waals surface area (Å²) in [7, 11) is 0. The maximum Gasteiger partial charge on any atom is 0 e. The Morgan fingerprint density at radius 1 is 1.50 bits per heavy atom. The Morgan fingerprint density at radius 3 is 2.12 bits per heavy atom. The van der Waals surface area contributed by atoms with Gasteiger partial charge in [-0.2, -0.15) is 0 Å². The SMILES string of the molecule is [CH2-]CNCCC.[CH3-].[Tm]. The fourth-order valence-electron chi connectivity index (χ4n) is 0.302. The van der Waals surface area contributed by atoms with E-state index in [9.17, 15) is 0 Å². The van der Waals surface area contributed by atoms with Crippen molar-refractivity contribution in [1.29, 1.82) is 0 Å². The average Bonchev–Trinajstić information content (AvgIpc) is 1.61. The van der Waals surface area contributed by atoms with Crippen LogP contribution in [-0.2, 0) is 0 Å². The Kier molecular flexibility index (Phi) is 31.6. The molecule has 0 aliphatic heterocycles. The van der Waals surface area contributed by atoms with E-state index in [1.807, 2.05) is 0 Å². The predicted octanol–water partition coefficient (Wildman–Crippen LogP) is 1.27. The average molecular weight is 270 g/mol. The molecule has 8 heavy (non-hydrogen) atoms. The molecule has 2 heteroatoms. The smallest absolute Gasteiger partial charge is 0 e. The van der Waals surface area contributed by atoms with Crippen LogP contribution in [-0.4, -0.2) is 13.1 Å². The van der Waals surface area contributed by atoms with Crippen LogP contribution in [0.1, 0.15) is 13.3 Å². The fraction of sp³-hybridized carbons (Fsp3) is 0.667. The Hall–Kier alpha value is 1.19. The molecule has 0 aromatic heterocycles. The maximum atomic E-state index is 3.61. The molecule has 0 bridgehead atoms. The number of nitrogens with one attached hydrogen (secondary N) is 1. The molecule has 0 spiro atoms. The number of hydrogen-bond donors (Lipinski definition) is 1. The van der Waals surface area contributed by atoms with Gasteiger partial charge in [-0.1, -0.05) is 6.92 Å². The monoisotopic (exact) mass is 270 g/mol. The molecule has 0 saturated carbocycles. The standard InChI is InChI=1S/C5H12N.CH3.Tm/c1-3-5-6-4-2;;/h6H,2-5H2,1H3;1H3;/q2*-1;. The minimum absolute atomic E-state index is 0.